The number of allylic oxidation sites excluding steroid dienone is 2. The number of aldehydes is 1. The average molecular weight is 395 g/mol. The first-order valence-electron chi connectivity index (χ1n) is 8.76. The Balaban J connectivity index is 2.55. The van der Waals surface area contributed by atoms with Crippen LogP contribution in [0.1, 0.15) is 16.7 Å². The maximum atomic E-state index is 12.3. The number of carbonyl (C=O) groups is 2. The summed E-state index contributed by atoms with van der Waals surface area (Å²) in [6.45, 7) is 0.00733. The smallest absolute Gasteiger partial charge is 0.250 e. The van der Waals surface area contributed by atoms with Crippen LogP contribution >= 0.6 is 0 Å². The van der Waals surface area contributed by atoms with Crippen molar-refractivity contribution in [3.05, 3.63) is 71.3 Å². The summed E-state index contributed by atoms with van der Waals surface area (Å²) in [5.41, 5.74) is 2.21. The van der Waals surface area contributed by atoms with Crippen molar-refractivity contribution in [2.24, 2.45) is 0 Å². The third kappa shape index (κ3) is 5.23. The summed E-state index contributed by atoms with van der Waals surface area (Å²) in [5.74, 6) is 2.30. The highest BCUT2D eigenvalue weighted by molar-refractivity contribution is 6.04. The fourth-order valence-electron chi connectivity index (χ4n) is 2.63. The maximum absolute atomic E-state index is 12.3. The number of nitrogens with zero attached hydrogens (tertiary/aromatic N) is 3. The van der Waals surface area contributed by atoms with E-state index in [1.165, 1.54) is 11.9 Å². The van der Waals surface area contributed by atoms with Gasteiger partial charge in [-0.3, -0.25) is 9.59 Å². The molecule has 0 saturated carbocycles. The third-order valence-electron chi connectivity index (χ3n) is 4.07. The van der Waals surface area contributed by atoms with Gasteiger partial charge in [0.05, 0.1) is 29.0 Å². The highest BCUT2D eigenvalue weighted by Gasteiger charge is 2.15. The molecule has 0 spiro atoms. The number of amides is 1. The molecule has 30 heavy (non-hydrogen) atoms. The van der Waals surface area contributed by atoms with Gasteiger partial charge in [-0.05, 0) is 35.9 Å². The Hall–Kier alpha value is -4.60. The quantitative estimate of drug-likeness (QED) is 0.236. The summed E-state index contributed by atoms with van der Waals surface area (Å²) in [7, 11) is 1.53. The SMILES string of the molecule is C#CCOc1ccc(/C=C(\C#N)c2ccccc2C#N)cc1N(C)C(=O)/C=C\C=O. The summed E-state index contributed by atoms with van der Waals surface area (Å²) >= 11 is 0. The molecule has 0 fully saturated rings. The molecule has 0 bridgehead atoms. The Morgan fingerprint density at radius 2 is 2.00 bits per heavy atom. The zero-order chi connectivity index (χ0) is 21.9. The van der Waals surface area contributed by atoms with E-state index in [0.717, 1.165) is 12.2 Å². The van der Waals surface area contributed by atoms with Crippen molar-refractivity contribution in [3.63, 3.8) is 0 Å². The number of hydrogen-bond donors (Lipinski definition) is 0. The molecule has 0 aliphatic rings. The van der Waals surface area contributed by atoms with Gasteiger partial charge in [-0.25, -0.2) is 0 Å². The third-order valence-corrected chi connectivity index (χ3v) is 4.07. The number of likely N-dealkylation sites (N-methyl/N-ethyl adjacent to an activating group) is 1. The maximum Gasteiger partial charge on any atom is 0.250 e. The fraction of sp³-hybridized carbons (Fsp3) is 0.0833. The molecule has 2 aromatic carbocycles. The second kappa shape index (κ2) is 10.7. The lowest BCUT2D eigenvalue weighted by Gasteiger charge is -2.19. The predicted octanol–water partition coefficient (Wildman–Crippen LogP) is 3.35. The van der Waals surface area contributed by atoms with E-state index in [1.54, 1.807) is 48.5 Å². The first kappa shape index (κ1) is 21.7. The van der Waals surface area contributed by atoms with Crippen molar-refractivity contribution in [3.8, 4) is 30.2 Å². The van der Waals surface area contributed by atoms with E-state index in [9.17, 15) is 20.1 Å². The zero-order valence-corrected chi connectivity index (χ0v) is 16.2. The molecule has 2 aromatic rings. The van der Waals surface area contributed by atoms with Crippen LogP contribution in [-0.4, -0.2) is 25.8 Å². The highest BCUT2D eigenvalue weighted by atomic mass is 16.5. The van der Waals surface area contributed by atoms with Crippen molar-refractivity contribution in [1.82, 2.24) is 0 Å². The number of carbonyl (C=O) groups excluding carboxylic acids is 2. The van der Waals surface area contributed by atoms with Gasteiger partial charge in [0, 0.05) is 18.7 Å². The van der Waals surface area contributed by atoms with Gasteiger partial charge in [-0.1, -0.05) is 30.2 Å². The van der Waals surface area contributed by atoms with Gasteiger partial charge in [0.2, 0.25) is 0 Å². The Morgan fingerprint density at radius 3 is 2.67 bits per heavy atom. The molecule has 1 amide bonds. The molecule has 2 rings (SSSR count). The standard InChI is InChI=1S/C24H17N3O3/c1-3-13-30-23-11-10-18(15-22(23)27(2)24(29)9-6-12-28)14-20(17-26)21-8-5-4-7-19(21)16-25/h1,4-12,14-15H,13H2,2H3/b9-6-,20-14+. The molecule has 146 valence electrons. The van der Waals surface area contributed by atoms with E-state index in [-0.39, 0.29) is 6.61 Å². The van der Waals surface area contributed by atoms with Gasteiger partial charge < -0.3 is 9.64 Å². The molecular weight excluding hydrogens is 378 g/mol. The summed E-state index contributed by atoms with van der Waals surface area (Å²) in [6, 6.07) is 16.0. The molecular formula is C24H17N3O3. The van der Waals surface area contributed by atoms with Gasteiger partial charge in [-0.15, -0.1) is 6.42 Å². The van der Waals surface area contributed by atoms with Crippen LogP contribution in [0.2, 0.25) is 0 Å². The van der Waals surface area contributed by atoms with E-state index in [0.29, 0.717) is 40.0 Å². The number of nitriles is 2. The number of benzene rings is 2. The van der Waals surface area contributed by atoms with Crippen molar-refractivity contribution >= 4 is 29.5 Å². The molecule has 0 N–H and O–H groups in total. The Labute approximate surface area is 174 Å². The number of hydrogen-bond acceptors (Lipinski definition) is 5. The molecule has 0 radical (unpaired) electrons. The lowest BCUT2D eigenvalue weighted by molar-refractivity contribution is -0.114. The Bertz CT molecular complexity index is 1140. The van der Waals surface area contributed by atoms with Crippen molar-refractivity contribution < 1.29 is 14.3 Å². The number of terminal acetylenes is 1. The second-order valence-corrected chi connectivity index (χ2v) is 5.94. The number of ether oxygens (including phenoxy) is 1. The highest BCUT2D eigenvalue weighted by Crippen LogP contribution is 2.31. The van der Waals surface area contributed by atoms with E-state index < -0.39 is 5.91 Å². The van der Waals surface area contributed by atoms with E-state index in [4.69, 9.17) is 11.2 Å². The molecule has 0 saturated heterocycles. The van der Waals surface area contributed by atoms with Crippen LogP contribution in [0.15, 0.2) is 54.6 Å². The minimum absolute atomic E-state index is 0.00733. The fourth-order valence-corrected chi connectivity index (χ4v) is 2.63. The first-order valence-corrected chi connectivity index (χ1v) is 8.76. The molecule has 0 heterocycles. The van der Waals surface area contributed by atoms with Crippen molar-refractivity contribution in [2.45, 2.75) is 0 Å². The lowest BCUT2D eigenvalue weighted by Crippen LogP contribution is -2.24. The summed E-state index contributed by atoms with van der Waals surface area (Å²) in [4.78, 5) is 24.1. The second-order valence-electron chi connectivity index (χ2n) is 5.94. The van der Waals surface area contributed by atoms with Crippen LogP contribution in [0, 0.1) is 35.0 Å². The molecule has 0 aliphatic carbocycles. The molecule has 0 unspecified atom stereocenters. The van der Waals surface area contributed by atoms with Gasteiger partial charge in [0.15, 0.2) is 0 Å². The van der Waals surface area contributed by atoms with Gasteiger partial charge >= 0.3 is 0 Å². The molecule has 0 aliphatic heterocycles. The Kier molecular flexibility index (Phi) is 7.71. The number of rotatable bonds is 7. The van der Waals surface area contributed by atoms with E-state index >= 15 is 0 Å². The van der Waals surface area contributed by atoms with Gasteiger partial charge in [0.25, 0.3) is 5.91 Å². The average Bonchev–Trinajstić information content (AvgIpc) is 2.79. The normalized spacial score (nSPS) is 10.5. The van der Waals surface area contributed by atoms with Crippen LogP contribution in [-0.2, 0) is 9.59 Å². The predicted molar refractivity (Wildman–Crippen MR) is 114 cm³/mol. The van der Waals surface area contributed by atoms with Crippen molar-refractivity contribution in [2.75, 3.05) is 18.6 Å². The molecule has 6 nitrogen and oxygen atoms in total. The molecule has 0 aromatic heterocycles. The van der Waals surface area contributed by atoms with Gasteiger partial charge in [0.1, 0.15) is 18.6 Å². The Morgan fingerprint density at radius 1 is 1.23 bits per heavy atom. The van der Waals surface area contributed by atoms with Gasteiger partial charge in [-0.2, -0.15) is 10.5 Å². The molecule has 6 heteroatoms. The first-order chi connectivity index (χ1) is 14.5. The van der Waals surface area contributed by atoms with Crippen LogP contribution in [0.4, 0.5) is 5.69 Å². The van der Waals surface area contributed by atoms with Crippen LogP contribution in [0.3, 0.4) is 0 Å². The summed E-state index contributed by atoms with van der Waals surface area (Å²) < 4.78 is 5.52. The van der Waals surface area contributed by atoms with E-state index in [2.05, 4.69) is 18.1 Å². The molecule has 0 atom stereocenters. The van der Waals surface area contributed by atoms with E-state index in [1.807, 2.05) is 0 Å². The minimum atomic E-state index is -0.441. The monoisotopic (exact) mass is 395 g/mol. The number of anilines is 1. The summed E-state index contributed by atoms with van der Waals surface area (Å²) in [5, 5.41) is 18.9. The topological polar surface area (TPSA) is 94.2 Å². The van der Waals surface area contributed by atoms with Crippen LogP contribution in [0.5, 0.6) is 5.75 Å². The zero-order valence-electron chi connectivity index (χ0n) is 16.2. The van der Waals surface area contributed by atoms with Crippen molar-refractivity contribution in [1.29, 1.82) is 10.5 Å². The summed E-state index contributed by atoms with van der Waals surface area (Å²) in [6.07, 6.45) is 9.60. The minimum Gasteiger partial charge on any atom is -0.479 e. The van der Waals surface area contributed by atoms with Crippen LogP contribution < -0.4 is 9.64 Å². The van der Waals surface area contributed by atoms with Crippen LogP contribution in [0.25, 0.3) is 11.6 Å². The lowest BCUT2D eigenvalue weighted by atomic mass is 9.99. The largest absolute Gasteiger partial charge is 0.479 e.